The maximum absolute atomic E-state index is 9.82. The molecule has 1 aliphatic heterocycles. The third-order valence-electron chi connectivity index (χ3n) is 3.89. The van der Waals surface area contributed by atoms with Gasteiger partial charge >= 0.3 is 0 Å². The van der Waals surface area contributed by atoms with Crippen molar-refractivity contribution in [3.63, 3.8) is 0 Å². The lowest BCUT2D eigenvalue weighted by atomic mass is 10.1. The number of phenols is 1. The number of aromatic hydroxyl groups is 1. The van der Waals surface area contributed by atoms with Crippen LogP contribution >= 0.6 is 15.9 Å². The molecule has 112 valence electrons. The summed E-state index contributed by atoms with van der Waals surface area (Å²) in [5.74, 6) is 0.668. The summed E-state index contributed by atoms with van der Waals surface area (Å²) in [6.45, 7) is 6.48. The number of hydrogen-bond acceptors (Lipinski definition) is 3. The fourth-order valence-electron chi connectivity index (χ4n) is 2.72. The molecule has 0 saturated carbocycles. The molecular formula is C14H23BrN2O3+2. The minimum Gasteiger partial charge on any atom is -0.503 e. The van der Waals surface area contributed by atoms with Gasteiger partial charge in [-0.2, -0.15) is 0 Å². The van der Waals surface area contributed by atoms with Crippen LogP contribution in [0.25, 0.3) is 0 Å². The van der Waals surface area contributed by atoms with Crippen LogP contribution in [0.3, 0.4) is 0 Å². The van der Waals surface area contributed by atoms with Gasteiger partial charge in [-0.05, 0) is 28.1 Å². The molecule has 0 bridgehead atoms. The zero-order valence-corrected chi connectivity index (χ0v) is 13.4. The molecule has 1 heterocycles. The van der Waals surface area contributed by atoms with E-state index in [9.17, 15) is 5.11 Å². The summed E-state index contributed by atoms with van der Waals surface area (Å²) < 4.78 is 5.86. The Morgan fingerprint density at radius 3 is 2.45 bits per heavy atom. The lowest BCUT2D eigenvalue weighted by molar-refractivity contribution is -1.02. The summed E-state index contributed by atoms with van der Waals surface area (Å²) >= 11 is 3.36. The van der Waals surface area contributed by atoms with Crippen LogP contribution in [0.5, 0.6) is 11.5 Å². The van der Waals surface area contributed by atoms with Gasteiger partial charge in [0.15, 0.2) is 11.5 Å². The molecule has 1 fully saturated rings. The molecule has 1 aromatic rings. The predicted octanol–water partition coefficient (Wildman–Crippen LogP) is -1.56. The van der Waals surface area contributed by atoms with Crippen LogP contribution in [0, 0.1) is 0 Å². The molecule has 6 heteroatoms. The lowest BCUT2D eigenvalue weighted by Crippen LogP contribution is -3.27. The van der Waals surface area contributed by atoms with Crippen molar-refractivity contribution in [1.29, 1.82) is 0 Å². The molecule has 0 radical (unpaired) electrons. The first kappa shape index (κ1) is 15.6. The smallest absolute Gasteiger partial charge is 0.172 e. The van der Waals surface area contributed by atoms with Crippen molar-refractivity contribution < 1.29 is 24.7 Å². The first-order valence-corrected chi connectivity index (χ1v) is 7.76. The second-order valence-corrected chi connectivity index (χ2v) is 6.13. The van der Waals surface area contributed by atoms with E-state index in [0.29, 0.717) is 10.2 Å². The average Bonchev–Trinajstić information content (AvgIpc) is 2.45. The number of quaternary nitrogens is 2. The first-order chi connectivity index (χ1) is 9.63. The van der Waals surface area contributed by atoms with E-state index >= 15 is 0 Å². The number of nitrogens with one attached hydrogen (secondary N) is 2. The van der Waals surface area contributed by atoms with Gasteiger partial charge in [0.2, 0.25) is 0 Å². The Morgan fingerprint density at radius 2 is 1.85 bits per heavy atom. The first-order valence-electron chi connectivity index (χ1n) is 6.97. The molecule has 20 heavy (non-hydrogen) atoms. The number of ether oxygens (including phenoxy) is 1. The average molecular weight is 347 g/mol. The van der Waals surface area contributed by atoms with Gasteiger partial charge in [0.1, 0.15) is 39.3 Å². The van der Waals surface area contributed by atoms with Crippen molar-refractivity contribution in [1.82, 2.24) is 0 Å². The quantitative estimate of drug-likeness (QED) is 0.521. The van der Waals surface area contributed by atoms with Gasteiger partial charge in [0, 0.05) is 5.56 Å². The van der Waals surface area contributed by atoms with Crippen molar-refractivity contribution >= 4 is 15.9 Å². The van der Waals surface area contributed by atoms with Crippen molar-refractivity contribution in [3.8, 4) is 11.5 Å². The van der Waals surface area contributed by atoms with Crippen LogP contribution in [-0.2, 0) is 6.54 Å². The van der Waals surface area contributed by atoms with Crippen LogP contribution in [0.15, 0.2) is 16.6 Å². The van der Waals surface area contributed by atoms with Gasteiger partial charge in [0.25, 0.3) is 0 Å². The highest BCUT2D eigenvalue weighted by molar-refractivity contribution is 9.10. The fourth-order valence-corrected chi connectivity index (χ4v) is 3.21. The Bertz CT molecular complexity index is 448. The molecule has 0 amide bonds. The van der Waals surface area contributed by atoms with Crippen molar-refractivity contribution in [3.05, 3.63) is 22.2 Å². The Labute approximate surface area is 127 Å². The molecular weight excluding hydrogens is 324 g/mol. The van der Waals surface area contributed by atoms with Crippen LogP contribution in [-0.4, -0.2) is 56.7 Å². The molecule has 0 unspecified atom stereocenters. The zero-order chi connectivity index (χ0) is 14.5. The van der Waals surface area contributed by atoms with Gasteiger partial charge in [-0.1, -0.05) is 0 Å². The third kappa shape index (κ3) is 3.85. The number of aliphatic hydroxyl groups is 1. The van der Waals surface area contributed by atoms with E-state index in [1.807, 2.05) is 12.1 Å². The normalized spacial score (nSPS) is 22.8. The summed E-state index contributed by atoms with van der Waals surface area (Å²) in [5, 5.41) is 18.8. The molecule has 5 nitrogen and oxygen atoms in total. The van der Waals surface area contributed by atoms with E-state index in [2.05, 4.69) is 15.9 Å². The Balaban J connectivity index is 1.96. The molecule has 0 atom stereocenters. The number of piperazine rings is 1. The minimum absolute atomic E-state index is 0.156. The summed E-state index contributed by atoms with van der Waals surface area (Å²) in [4.78, 5) is 3.02. The van der Waals surface area contributed by atoms with Crippen molar-refractivity contribution in [2.24, 2.45) is 0 Å². The molecule has 1 aliphatic rings. The van der Waals surface area contributed by atoms with E-state index in [0.717, 1.165) is 44.8 Å². The number of hydrogen-bond donors (Lipinski definition) is 4. The Morgan fingerprint density at radius 1 is 1.20 bits per heavy atom. The van der Waals surface area contributed by atoms with E-state index in [-0.39, 0.29) is 12.4 Å². The predicted molar refractivity (Wildman–Crippen MR) is 79.4 cm³/mol. The minimum atomic E-state index is 0.156. The van der Waals surface area contributed by atoms with Crippen LogP contribution in [0.4, 0.5) is 0 Å². The number of rotatable bonds is 5. The van der Waals surface area contributed by atoms with Gasteiger partial charge in [-0.25, -0.2) is 0 Å². The highest BCUT2D eigenvalue weighted by Gasteiger charge is 2.23. The SMILES string of the molecule is COc1cc(C[NH+]2CC[NH+](CCO)CC2)cc(Br)c1O. The number of aliphatic hydroxyl groups excluding tert-OH is 1. The summed E-state index contributed by atoms with van der Waals surface area (Å²) in [5.41, 5.74) is 1.16. The number of halogens is 1. The summed E-state index contributed by atoms with van der Waals surface area (Å²) in [7, 11) is 1.56. The van der Waals surface area contributed by atoms with Crippen molar-refractivity contribution in [2.45, 2.75) is 6.54 Å². The number of benzene rings is 1. The van der Waals surface area contributed by atoms with E-state index < -0.39 is 0 Å². The van der Waals surface area contributed by atoms with Crippen LogP contribution < -0.4 is 14.5 Å². The topological polar surface area (TPSA) is 58.6 Å². The molecule has 2 rings (SSSR count). The number of methoxy groups -OCH3 is 1. The summed E-state index contributed by atoms with van der Waals surface area (Å²) in [6.07, 6.45) is 0. The second-order valence-electron chi connectivity index (χ2n) is 5.28. The van der Waals surface area contributed by atoms with E-state index in [1.54, 1.807) is 7.11 Å². The Kier molecular flexibility index (Phi) is 5.65. The van der Waals surface area contributed by atoms with E-state index in [4.69, 9.17) is 9.84 Å². The van der Waals surface area contributed by atoms with Crippen molar-refractivity contribution in [2.75, 3.05) is 46.4 Å². The van der Waals surface area contributed by atoms with Gasteiger partial charge in [-0.3, -0.25) is 0 Å². The lowest BCUT2D eigenvalue weighted by Gasteiger charge is -2.29. The van der Waals surface area contributed by atoms with E-state index in [1.165, 1.54) is 9.80 Å². The number of phenolic OH excluding ortho intramolecular Hbond substituents is 1. The maximum atomic E-state index is 9.82. The van der Waals surface area contributed by atoms with Gasteiger partial charge in [0.05, 0.1) is 18.2 Å². The monoisotopic (exact) mass is 346 g/mol. The highest BCUT2D eigenvalue weighted by Crippen LogP contribution is 2.34. The third-order valence-corrected chi connectivity index (χ3v) is 4.50. The largest absolute Gasteiger partial charge is 0.503 e. The van der Waals surface area contributed by atoms with Gasteiger partial charge in [-0.15, -0.1) is 0 Å². The molecule has 1 aromatic carbocycles. The van der Waals surface area contributed by atoms with Gasteiger partial charge < -0.3 is 24.7 Å². The maximum Gasteiger partial charge on any atom is 0.172 e. The van der Waals surface area contributed by atoms with Crippen LogP contribution in [0.1, 0.15) is 5.56 Å². The fraction of sp³-hybridized carbons (Fsp3) is 0.571. The second kappa shape index (κ2) is 7.26. The zero-order valence-electron chi connectivity index (χ0n) is 11.8. The molecule has 0 aliphatic carbocycles. The molecule has 1 saturated heterocycles. The summed E-state index contributed by atoms with van der Waals surface area (Å²) in [6, 6.07) is 3.86. The highest BCUT2D eigenvalue weighted by atomic mass is 79.9. The standard InChI is InChI=1S/C14H21BrN2O3/c1-20-13-9-11(8-12(15)14(13)19)10-17-4-2-16(3-5-17)6-7-18/h8-9,18-19H,2-7,10H2,1H3/p+2. The molecule has 0 spiro atoms. The Hall–Kier alpha value is -0.820. The molecule has 4 N–H and O–H groups in total. The molecule has 0 aromatic heterocycles. The van der Waals surface area contributed by atoms with Crippen LogP contribution in [0.2, 0.25) is 0 Å².